The molecule has 2 rings (SSSR count). The minimum atomic E-state index is -0.0820. The van der Waals surface area contributed by atoms with Crippen LogP contribution in [0.15, 0.2) is 12.1 Å². The van der Waals surface area contributed by atoms with Crippen molar-refractivity contribution < 1.29 is 9.59 Å². The molecule has 16 heavy (non-hydrogen) atoms. The van der Waals surface area contributed by atoms with Gasteiger partial charge in [0.05, 0.1) is 0 Å². The summed E-state index contributed by atoms with van der Waals surface area (Å²) in [7, 11) is 0. The van der Waals surface area contributed by atoms with Crippen molar-refractivity contribution in [2.24, 2.45) is 0 Å². The van der Waals surface area contributed by atoms with Crippen LogP contribution < -0.4 is 5.32 Å². The number of benzene rings is 1. The van der Waals surface area contributed by atoms with Gasteiger partial charge in [-0.15, -0.1) is 0 Å². The first-order valence-corrected chi connectivity index (χ1v) is 5.52. The third-order valence-electron chi connectivity index (χ3n) is 2.87. The topological polar surface area (TPSA) is 46.2 Å². The van der Waals surface area contributed by atoms with Gasteiger partial charge in [0.1, 0.15) is 0 Å². The van der Waals surface area contributed by atoms with Crippen LogP contribution in [0.3, 0.4) is 0 Å². The molecule has 0 heterocycles. The van der Waals surface area contributed by atoms with Gasteiger partial charge >= 0.3 is 0 Å². The minimum Gasteiger partial charge on any atom is -0.326 e. The third kappa shape index (κ3) is 1.98. The lowest BCUT2D eigenvalue weighted by atomic mass is 9.87. The van der Waals surface area contributed by atoms with Crippen LogP contribution in [0.5, 0.6) is 0 Å². The summed E-state index contributed by atoms with van der Waals surface area (Å²) in [6.07, 6.45) is 2.48. The fraction of sp³-hybridized carbons (Fsp3) is 0.385. The number of aryl methyl sites for hydroxylation is 2. The van der Waals surface area contributed by atoms with E-state index in [4.69, 9.17) is 0 Å². The van der Waals surface area contributed by atoms with Crippen LogP contribution in [0.1, 0.15) is 41.3 Å². The highest BCUT2D eigenvalue weighted by atomic mass is 16.1. The van der Waals surface area contributed by atoms with Crippen molar-refractivity contribution in [3.05, 3.63) is 28.8 Å². The highest BCUT2D eigenvalue weighted by Gasteiger charge is 2.19. The van der Waals surface area contributed by atoms with Crippen LogP contribution in [0.4, 0.5) is 5.69 Å². The molecule has 1 aliphatic carbocycles. The van der Waals surface area contributed by atoms with E-state index in [2.05, 4.69) is 5.32 Å². The summed E-state index contributed by atoms with van der Waals surface area (Å²) in [5.74, 6) is 0.148. The van der Waals surface area contributed by atoms with Gasteiger partial charge < -0.3 is 5.32 Å². The molecule has 0 radical (unpaired) electrons. The molecular formula is C13H15NO2. The quantitative estimate of drug-likeness (QED) is 0.785. The van der Waals surface area contributed by atoms with Gasteiger partial charge in [0.15, 0.2) is 5.78 Å². The van der Waals surface area contributed by atoms with Crippen LogP contribution >= 0.6 is 0 Å². The molecule has 84 valence electrons. The van der Waals surface area contributed by atoms with E-state index in [0.717, 1.165) is 35.2 Å². The van der Waals surface area contributed by atoms with Gasteiger partial charge in [-0.25, -0.2) is 0 Å². The largest absolute Gasteiger partial charge is 0.326 e. The number of carbonyl (C=O) groups is 2. The molecule has 1 aromatic rings. The lowest BCUT2D eigenvalue weighted by molar-refractivity contribution is -0.114. The Bertz CT molecular complexity index is 463. The number of hydrogen-bond donors (Lipinski definition) is 1. The average molecular weight is 217 g/mol. The highest BCUT2D eigenvalue weighted by Crippen LogP contribution is 2.27. The molecule has 1 N–H and O–H groups in total. The average Bonchev–Trinajstić information content (AvgIpc) is 2.15. The number of Topliss-reactive ketones (excluding diaryl/α,β-unsaturated/α-hetero) is 1. The number of ketones is 1. The zero-order valence-electron chi connectivity index (χ0n) is 9.59. The van der Waals surface area contributed by atoms with Crippen molar-refractivity contribution in [2.75, 3.05) is 5.32 Å². The van der Waals surface area contributed by atoms with Crippen LogP contribution in [0, 0.1) is 6.92 Å². The van der Waals surface area contributed by atoms with Crippen LogP contribution in [0.25, 0.3) is 0 Å². The number of carbonyl (C=O) groups excluding carboxylic acids is 2. The van der Waals surface area contributed by atoms with Crippen molar-refractivity contribution in [3.63, 3.8) is 0 Å². The molecule has 3 heteroatoms. The summed E-state index contributed by atoms with van der Waals surface area (Å²) in [4.78, 5) is 22.7. The zero-order chi connectivity index (χ0) is 11.7. The number of fused-ring (bicyclic) bond motifs is 1. The molecule has 0 unspecified atom stereocenters. The Morgan fingerprint density at radius 3 is 2.75 bits per heavy atom. The molecule has 1 amide bonds. The van der Waals surface area contributed by atoms with Gasteiger partial charge in [-0.1, -0.05) is 0 Å². The van der Waals surface area contributed by atoms with Crippen LogP contribution in [0.2, 0.25) is 0 Å². The minimum absolute atomic E-state index is 0.0820. The van der Waals surface area contributed by atoms with E-state index in [1.54, 1.807) is 0 Å². The molecule has 1 aromatic carbocycles. The smallest absolute Gasteiger partial charge is 0.221 e. The van der Waals surface area contributed by atoms with E-state index in [-0.39, 0.29) is 11.7 Å². The molecule has 0 atom stereocenters. The van der Waals surface area contributed by atoms with Crippen molar-refractivity contribution in [3.8, 4) is 0 Å². The third-order valence-corrected chi connectivity index (χ3v) is 2.87. The lowest BCUT2D eigenvalue weighted by Gasteiger charge is -2.18. The Morgan fingerprint density at radius 1 is 1.31 bits per heavy atom. The fourth-order valence-corrected chi connectivity index (χ4v) is 2.30. The Morgan fingerprint density at radius 2 is 2.06 bits per heavy atom. The zero-order valence-corrected chi connectivity index (χ0v) is 9.59. The molecule has 0 spiro atoms. The Balaban J connectivity index is 2.45. The lowest BCUT2D eigenvalue weighted by Crippen LogP contribution is -2.14. The van der Waals surface area contributed by atoms with Gasteiger partial charge in [0.25, 0.3) is 0 Å². The number of rotatable bonds is 1. The van der Waals surface area contributed by atoms with Crippen LogP contribution in [-0.4, -0.2) is 11.7 Å². The summed E-state index contributed by atoms with van der Waals surface area (Å²) < 4.78 is 0. The second-order valence-electron chi connectivity index (χ2n) is 4.29. The SMILES string of the molecule is CC(=O)Nc1cc(C)c2c(c1)CCCC2=O. The van der Waals surface area contributed by atoms with E-state index in [1.165, 1.54) is 6.92 Å². The highest BCUT2D eigenvalue weighted by molar-refractivity contribution is 6.01. The second kappa shape index (κ2) is 4.08. The first-order chi connectivity index (χ1) is 7.58. The molecule has 1 aliphatic rings. The van der Waals surface area contributed by atoms with Crippen molar-refractivity contribution in [1.82, 2.24) is 0 Å². The van der Waals surface area contributed by atoms with Gasteiger partial charge in [-0.3, -0.25) is 9.59 Å². The predicted octanol–water partition coefficient (Wildman–Crippen LogP) is 2.47. The first kappa shape index (κ1) is 10.9. The second-order valence-corrected chi connectivity index (χ2v) is 4.29. The molecular weight excluding hydrogens is 202 g/mol. The normalized spacial score (nSPS) is 14.5. The van der Waals surface area contributed by atoms with E-state index in [0.29, 0.717) is 6.42 Å². The van der Waals surface area contributed by atoms with Gasteiger partial charge in [0, 0.05) is 24.6 Å². The fourth-order valence-electron chi connectivity index (χ4n) is 2.30. The van der Waals surface area contributed by atoms with E-state index in [1.807, 2.05) is 19.1 Å². The molecule has 3 nitrogen and oxygen atoms in total. The number of amides is 1. The Kier molecular flexibility index (Phi) is 2.77. The summed E-state index contributed by atoms with van der Waals surface area (Å²) in [6.45, 7) is 3.41. The maximum Gasteiger partial charge on any atom is 0.221 e. The first-order valence-electron chi connectivity index (χ1n) is 5.52. The van der Waals surface area contributed by atoms with Crippen molar-refractivity contribution in [1.29, 1.82) is 0 Å². The van der Waals surface area contributed by atoms with Gasteiger partial charge in [-0.2, -0.15) is 0 Å². The number of hydrogen-bond acceptors (Lipinski definition) is 2. The maximum atomic E-state index is 11.8. The Labute approximate surface area is 94.9 Å². The standard InChI is InChI=1S/C13H15NO2/c1-8-6-11(14-9(2)15)7-10-4-3-5-12(16)13(8)10/h6-7H,3-5H2,1-2H3,(H,14,15). The van der Waals surface area contributed by atoms with E-state index >= 15 is 0 Å². The summed E-state index contributed by atoms with van der Waals surface area (Å²) in [5.41, 5.74) is 3.68. The predicted molar refractivity (Wildman–Crippen MR) is 62.8 cm³/mol. The number of nitrogens with one attached hydrogen (secondary N) is 1. The maximum absolute atomic E-state index is 11.8. The van der Waals surface area contributed by atoms with E-state index < -0.39 is 0 Å². The number of anilines is 1. The van der Waals surface area contributed by atoms with Crippen molar-refractivity contribution in [2.45, 2.75) is 33.1 Å². The van der Waals surface area contributed by atoms with Gasteiger partial charge in [0.2, 0.25) is 5.91 Å². The van der Waals surface area contributed by atoms with E-state index in [9.17, 15) is 9.59 Å². The van der Waals surface area contributed by atoms with Crippen molar-refractivity contribution >= 4 is 17.4 Å². The Hall–Kier alpha value is -1.64. The molecule has 0 aliphatic heterocycles. The summed E-state index contributed by atoms with van der Waals surface area (Å²) >= 11 is 0. The molecule has 0 saturated carbocycles. The summed E-state index contributed by atoms with van der Waals surface area (Å²) in [6, 6.07) is 3.78. The molecule has 0 aromatic heterocycles. The van der Waals surface area contributed by atoms with Gasteiger partial charge in [-0.05, 0) is 43.0 Å². The summed E-state index contributed by atoms with van der Waals surface area (Å²) in [5, 5.41) is 2.76. The molecule has 0 saturated heterocycles. The monoisotopic (exact) mass is 217 g/mol. The molecule has 0 fully saturated rings. The molecule has 0 bridgehead atoms. The van der Waals surface area contributed by atoms with Crippen LogP contribution in [-0.2, 0) is 11.2 Å².